The Morgan fingerprint density at radius 2 is 0.879 bits per heavy atom. The van der Waals surface area contributed by atoms with Crippen LogP contribution in [0.4, 0.5) is 0 Å². The monoisotopic (exact) mass is 453 g/mol. The maximum atomic E-state index is 12.1. The lowest BCUT2D eigenvalue weighted by Crippen LogP contribution is -2.22. The fourth-order valence-electron chi connectivity index (χ4n) is 3.36. The standard InChI is InChI=1S/C31H51NO/c1-25(2)13-9-15-27(5)17-11-19-29(7)21-22-31(33)32-24-23-30(8)20-12-18-28(6)16-10-14-26(3)4/h13-14,17-18,21,23H,9-12,15-16,19-20,22,24H2,1-8H3,(H,32,33). The Morgan fingerprint density at radius 1 is 0.515 bits per heavy atom. The maximum absolute atomic E-state index is 12.1. The molecule has 0 saturated carbocycles. The number of carbonyl (C=O) groups excluding carboxylic acids is 1. The molecule has 0 atom stereocenters. The SMILES string of the molecule is CC(C)=CCCC(C)=CCCC(C)=CCNC(=O)CC=C(C)CCC=C(C)CCC=C(C)C. The summed E-state index contributed by atoms with van der Waals surface area (Å²) in [6.45, 7) is 17.9. The van der Waals surface area contributed by atoms with E-state index in [0.717, 1.165) is 51.4 Å². The van der Waals surface area contributed by atoms with Crippen LogP contribution in [0.15, 0.2) is 69.9 Å². The van der Waals surface area contributed by atoms with Crippen LogP contribution in [-0.4, -0.2) is 12.5 Å². The molecule has 2 nitrogen and oxygen atoms in total. The number of carbonyl (C=O) groups is 1. The summed E-state index contributed by atoms with van der Waals surface area (Å²) in [4.78, 5) is 12.1. The van der Waals surface area contributed by atoms with E-state index < -0.39 is 0 Å². The quantitative estimate of drug-likeness (QED) is 0.232. The number of hydrogen-bond donors (Lipinski definition) is 1. The van der Waals surface area contributed by atoms with Crippen molar-refractivity contribution in [2.24, 2.45) is 0 Å². The van der Waals surface area contributed by atoms with Crippen molar-refractivity contribution in [3.05, 3.63) is 69.9 Å². The van der Waals surface area contributed by atoms with E-state index in [1.165, 1.54) is 33.4 Å². The van der Waals surface area contributed by atoms with E-state index in [2.05, 4.69) is 97.2 Å². The van der Waals surface area contributed by atoms with Gasteiger partial charge in [-0.3, -0.25) is 4.79 Å². The zero-order valence-electron chi connectivity index (χ0n) is 22.9. The number of rotatable bonds is 16. The van der Waals surface area contributed by atoms with Crippen molar-refractivity contribution in [2.75, 3.05) is 6.54 Å². The highest BCUT2D eigenvalue weighted by atomic mass is 16.1. The van der Waals surface area contributed by atoms with E-state index in [1.807, 2.05) is 0 Å². The summed E-state index contributed by atoms with van der Waals surface area (Å²) >= 11 is 0. The zero-order chi connectivity index (χ0) is 25.1. The van der Waals surface area contributed by atoms with Gasteiger partial charge in [-0.1, -0.05) is 69.9 Å². The van der Waals surface area contributed by atoms with Crippen molar-refractivity contribution < 1.29 is 4.79 Å². The molecule has 0 spiro atoms. The van der Waals surface area contributed by atoms with Crippen LogP contribution in [-0.2, 0) is 4.79 Å². The van der Waals surface area contributed by atoms with Gasteiger partial charge in [-0.2, -0.15) is 0 Å². The number of nitrogens with one attached hydrogen (secondary N) is 1. The fourth-order valence-corrected chi connectivity index (χ4v) is 3.36. The summed E-state index contributed by atoms with van der Waals surface area (Å²) in [6.07, 6.45) is 22.7. The molecule has 0 unspecified atom stereocenters. The van der Waals surface area contributed by atoms with Gasteiger partial charge in [0.2, 0.25) is 5.91 Å². The van der Waals surface area contributed by atoms with Gasteiger partial charge in [0.15, 0.2) is 0 Å². The highest BCUT2D eigenvalue weighted by Crippen LogP contribution is 2.12. The first-order chi connectivity index (χ1) is 15.6. The smallest absolute Gasteiger partial charge is 0.224 e. The maximum Gasteiger partial charge on any atom is 0.224 e. The molecule has 0 saturated heterocycles. The van der Waals surface area contributed by atoms with Crippen LogP contribution >= 0.6 is 0 Å². The molecule has 0 aromatic heterocycles. The van der Waals surface area contributed by atoms with E-state index in [0.29, 0.717) is 13.0 Å². The van der Waals surface area contributed by atoms with E-state index in [-0.39, 0.29) is 5.91 Å². The molecule has 0 radical (unpaired) electrons. The lowest BCUT2D eigenvalue weighted by atomic mass is 10.1. The molecule has 0 aliphatic rings. The van der Waals surface area contributed by atoms with E-state index in [1.54, 1.807) is 0 Å². The van der Waals surface area contributed by atoms with E-state index in [9.17, 15) is 4.79 Å². The first-order valence-electron chi connectivity index (χ1n) is 12.8. The second-order valence-electron chi connectivity index (χ2n) is 9.93. The molecule has 0 aromatic carbocycles. The summed E-state index contributed by atoms with van der Waals surface area (Å²) in [5, 5.41) is 3.01. The molecule has 0 rings (SSSR count). The Labute approximate surface area is 205 Å². The molecule has 0 bridgehead atoms. The van der Waals surface area contributed by atoms with Crippen LogP contribution in [0.25, 0.3) is 0 Å². The van der Waals surface area contributed by atoms with Crippen LogP contribution in [0, 0.1) is 0 Å². The summed E-state index contributed by atoms with van der Waals surface area (Å²) in [5.41, 5.74) is 8.32. The molecule has 33 heavy (non-hydrogen) atoms. The second-order valence-corrected chi connectivity index (χ2v) is 9.93. The Hall–Kier alpha value is -2.09. The van der Waals surface area contributed by atoms with Crippen LogP contribution in [0.1, 0.15) is 113 Å². The van der Waals surface area contributed by atoms with Gasteiger partial charge in [0, 0.05) is 13.0 Å². The van der Waals surface area contributed by atoms with Gasteiger partial charge in [0.05, 0.1) is 0 Å². The van der Waals surface area contributed by atoms with Crippen molar-refractivity contribution in [2.45, 2.75) is 113 Å². The predicted molar refractivity (Wildman–Crippen MR) is 148 cm³/mol. The molecule has 1 amide bonds. The molecule has 0 aromatic rings. The van der Waals surface area contributed by atoms with Crippen LogP contribution in [0.5, 0.6) is 0 Å². The van der Waals surface area contributed by atoms with Gasteiger partial charge in [-0.15, -0.1) is 0 Å². The first-order valence-corrected chi connectivity index (χ1v) is 12.8. The average molecular weight is 454 g/mol. The molecule has 0 aliphatic carbocycles. The molecular formula is C31H51NO. The van der Waals surface area contributed by atoms with Gasteiger partial charge in [0.25, 0.3) is 0 Å². The predicted octanol–water partition coefficient (Wildman–Crippen LogP) is 9.33. The summed E-state index contributed by atoms with van der Waals surface area (Å²) < 4.78 is 0. The summed E-state index contributed by atoms with van der Waals surface area (Å²) in [7, 11) is 0. The molecule has 1 N–H and O–H groups in total. The highest BCUT2D eigenvalue weighted by Gasteiger charge is 1.99. The normalized spacial score (nSPS) is 13.1. The van der Waals surface area contributed by atoms with Gasteiger partial charge >= 0.3 is 0 Å². The van der Waals surface area contributed by atoms with Crippen LogP contribution in [0.3, 0.4) is 0 Å². The number of allylic oxidation sites excluding steroid dienone is 10. The summed E-state index contributed by atoms with van der Waals surface area (Å²) in [5.74, 6) is 0.0989. The van der Waals surface area contributed by atoms with Crippen molar-refractivity contribution in [3.63, 3.8) is 0 Å². The minimum atomic E-state index is 0.0989. The highest BCUT2D eigenvalue weighted by molar-refractivity contribution is 5.77. The third kappa shape index (κ3) is 21.5. The molecular weight excluding hydrogens is 402 g/mol. The van der Waals surface area contributed by atoms with E-state index >= 15 is 0 Å². The molecule has 2 heteroatoms. The van der Waals surface area contributed by atoms with Crippen LogP contribution in [0.2, 0.25) is 0 Å². The lowest BCUT2D eigenvalue weighted by Gasteiger charge is -2.04. The minimum absolute atomic E-state index is 0.0989. The van der Waals surface area contributed by atoms with Crippen molar-refractivity contribution in [1.29, 1.82) is 0 Å². The number of hydrogen-bond acceptors (Lipinski definition) is 1. The molecule has 0 fully saturated rings. The van der Waals surface area contributed by atoms with Gasteiger partial charge in [-0.05, 0) is 107 Å². The third-order valence-electron chi connectivity index (χ3n) is 5.63. The number of amides is 1. The van der Waals surface area contributed by atoms with Crippen molar-refractivity contribution in [1.82, 2.24) is 5.32 Å². The van der Waals surface area contributed by atoms with Gasteiger partial charge in [0.1, 0.15) is 0 Å². The summed E-state index contributed by atoms with van der Waals surface area (Å²) in [6, 6.07) is 0. The topological polar surface area (TPSA) is 29.1 Å². The van der Waals surface area contributed by atoms with Crippen LogP contribution < -0.4 is 5.32 Å². The Morgan fingerprint density at radius 3 is 1.30 bits per heavy atom. The van der Waals surface area contributed by atoms with Crippen molar-refractivity contribution in [3.8, 4) is 0 Å². The first kappa shape index (κ1) is 30.9. The molecule has 186 valence electrons. The molecule has 0 heterocycles. The zero-order valence-corrected chi connectivity index (χ0v) is 22.9. The van der Waals surface area contributed by atoms with Gasteiger partial charge in [-0.25, -0.2) is 0 Å². The Balaban J connectivity index is 4.12. The fraction of sp³-hybridized carbons (Fsp3) is 0.581. The second kappa shape index (κ2) is 19.4. The minimum Gasteiger partial charge on any atom is -0.352 e. The third-order valence-corrected chi connectivity index (χ3v) is 5.63. The van der Waals surface area contributed by atoms with Crippen molar-refractivity contribution >= 4 is 5.91 Å². The Kier molecular flexibility index (Phi) is 18.2. The lowest BCUT2D eigenvalue weighted by molar-refractivity contribution is -0.120. The average Bonchev–Trinajstić information content (AvgIpc) is 2.71. The Bertz CT molecular complexity index is 748. The van der Waals surface area contributed by atoms with Gasteiger partial charge < -0.3 is 5.32 Å². The largest absolute Gasteiger partial charge is 0.352 e. The van der Waals surface area contributed by atoms with E-state index in [4.69, 9.17) is 0 Å². The molecule has 0 aliphatic heterocycles.